The Morgan fingerprint density at radius 1 is 1.54 bits per heavy atom. The van der Waals surface area contributed by atoms with Gasteiger partial charge in [0.2, 0.25) is 5.91 Å². The van der Waals surface area contributed by atoms with Gasteiger partial charge in [-0.1, -0.05) is 5.92 Å². The maximum Gasteiger partial charge on any atom is 0.248 e. The van der Waals surface area contributed by atoms with Gasteiger partial charge in [-0.15, -0.1) is 6.42 Å². The number of rotatable bonds is 3. The lowest BCUT2D eigenvalue weighted by Crippen LogP contribution is -2.42. The van der Waals surface area contributed by atoms with Crippen LogP contribution in [-0.4, -0.2) is 50.3 Å². The number of amides is 1. The van der Waals surface area contributed by atoms with Crippen molar-refractivity contribution in [2.24, 2.45) is 0 Å². The van der Waals surface area contributed by atoms with E-state index in [9.17, 15) is 4.79 Å². The number of carbonyl (C=O) groups excluding carboxylic acids is 1. The number of terminal acetylenes is 1. The molecule has 1 fully saturated rings. The van der Waals surface area contributed by atoms with Gasteiger partial charge in [-0.25, -0.2) is 0 Å². The Labute approximate surface area is 77.8 Å². The van der Waals surface area contributed by atoms with Crippen LogP contribution in [0, 0.1) is 12.3 Å². The Morgan fingerprint density at radius 3 is 2.85 bits per heavy atom. The largest absolute Gasteiger partial charge is 0.378 e. The molecular weight excluding hydrogens is 170 g/mol. The molecule has 72 valence electrons. The number of carbonyl (C=O) groups is 1. The van der Waals surface area contributed by atoms with Gasteiger partial charge < -0.3 is 14.4 Å². The summed E-state index contributed by atoms with van der Waals surface area (Å²) in [5.74, 6) is 2.29. The summed E-state index contributed by atoms with van der Waals surface area (Å²) in [5, 5.41) is 0. The van der Waals surface area contributed by atoms with Crippen LogP contribution in [0.5, 0.6) is 0 Å². The van der Waals surface area contributed by atoms with Crippen LogP contribution >= 0.6 is 0 Å². The Kier molecular flexibility index (Phi) is 4.30. The van der Waals surface area contributed by atoms with Gasteiger partial charge in [0.15, 0.2) is 0 Å². The molecule has 4 heteroatoms. The summed E-state index contributed by atoms with van der Waals surface area (Å²) in [4.78, 5) is 13.1. The standard InChI is InChI=1S/C9H13NO3/c1-2-5-13-8-9(11)10-3-6-12-7-4-10/h1H,3-8H2. The first kappa shape index (κ1) is 10.0. The van der Waals surface area contributed by atoms with Gasteiger partial charge in [0, 0.05) is 13.1 Å². The molecule has 0 aromatic carbocycles. The van der Waals surface area contributed by atoms with Crippen molar-refractivity contribution in [3.8, 4) is 12.3 Å². The fraction of sp³-hybridized carbons (Fsp3) is 0.667. The quantitative estimate of drug-likeness (QED) is 0.437. The van der Waals surface area contributed by atoms with E-state index in [-0.39, 0.29) is 19.1 Å². The van der Waals surface area contributed by atoms with E-state index in [2.05, 4.69) is 5.92 Å². The molecule has 0 radical (unpaired) electrons. The Morgan fingerprint density at radius 2 is 2.23 bits per heavy atom. The molecule has 4 nitrogen and oxygen atoms in total. The summed E-state index contributed by atoms with van der Waals surface area (Å²) in [5.41, 5.74) is 0. The molecule has 1 heterocycles. The van der Waals surface area contributed by atoms with Gasteiger partial charge in [0.25, 0.3) is 0 Å². The van der Waals surface area contributed by atoms with Crippen molar-refractivity contribution < 1.29 is 14.3 Å². The third-order valence-corrected chi connectivity index (χ3v) is 1.77. The molecule has 0 unspecified atom stereocenters. The maximum absolute atomic E-state index is 11.3. The molecule has 1 rings (SSSR count). The van der Waals surface area contributed by atoms with Gasteiger partial charge in [-0.2, -0.15) is 0 Å². The monoisotopic (exact) mass is 183 g/mol. The number of ether oxygens (including phenoxy) is 2. The van der Waals surface area contributed by atoms with Gasteiger partial charge in [0.05, 0.1) is 13.2 Å². The average Bonchev–Trinajstić information content (AvgIpc) is 2.19. The first-order valence-electron chi connectivity index (χ1n) is 4.21. The third kappa shape index (κ3) is 3.45. The fourth-order valence-electron chi connectivity index (χ4n) is 1.10. The summed E-state index contributed by atoms with van der Waals surface area (Å²) >= 11 is 0. The molecule has 0 aromatic rings. The van der Waals surface area contributed by atoms with Gasteiger partial charge in [-0.3, -0.25) is 4.79 Å². The van der Waals surface area contributed by atoms with Crippen LogP contribution in [-0.2, 0) is 14.3 Å². The second-order valence-corrected chi connectivity index (χ2v) is 2.69. The highest BCUT2D eigenvalue weighted by atomic mass is 16.5. The van der Waals surface area contributed by atoms with Crippen LogP contribution in [0.4, 0.5) is 0 Å². The number of nitrogens with zero attached hydrogens (tertiary/aromatic N) is 1. The van der Waals surface area contributed by atoms with E-state index < -0.39 is 0 Å². The average molecular weight is 183 g/mol. The summed E-state index contributed by atoms with van der Waals surface area (Å²) < 4.78 is 10.0. The van der Waals surface area contributed by atoms with Crippen molar-refractivity contribution in [3.63, 3.8) is 0 Å². The van der Waals surface area contributed by atoms with Crippen LogP contribution in [0.3, 0.4) is 0 Å². The Hall–Kier alpha value is -1.05. The van der Waals surface area contributed by atoms with Crippen molar-refractivity contribution in [1.29, 1.82) is 0 Å². The predicted octanol–water partition coefficient (Wildman–Crippen LogP) is -0.505. The van der Waals surface area contributed by atoms with Crippen molar-refractivity contribution in [3.05, 3.63) is 0 Å². The molecule has 1 aliphatic rings. The van der Waals surface area contributed by atoms with E-state index in [0.29, 0.717) is 26.3 Å². The highest BCUT2D eigenvalue weighted by Gasteiger charge is 2.15. The van der Waals surface area contributed by atoms with Crippen molar-refractivity contribution in [1.82, 2.24) is 4.90 Å². The van der Waals surface area contributed by atoms with Crippen LogP contribution in [0.2, 0.25) is 0 Å². The van der Waals surface area contributed by atoms with Crippen molar-refractivity contribution in [2.75, 3.05) is 39.5 Å². The molecule has 0 bridgehead atoms. The topological polar surface area (TPSA) is 38.8 Å². The number of hydrogen-bond acceptors (Lipinski definition) is 3. The SMILES string of the molecule is C#CCOCC(=O)N1CCOCC1. The summed E-state index contributed by atoms with van der Waals surface area (Å²) in [6.07, 6.45) is 4.97. The zero-order chi connectivity index (χ0) is 9.52. The highest BCUT2D eigenvalue weighted by Crippen LogP contribution is 1.97. The molecule has 1 amide bonds. The van der Waals surface area contributed by atoms with E-state index in [0.717, 1.165) is 0 Å². The lowest BCUT2D eigenvalue weighted by atomic mass is 10.4. The highest BCUT2D eigenvalue weighted by molar-refractivity contribution is 5.77. The lowest BCUT2D eigenvalue weighted by molar-refractivity contribution is -0.139. The zero-order valence-corrected chi connectivity index (χ0v) is 7.49. The molecule has 0 aromatic heterocycles. The minimum Gasteiger partial charge on any atom is -0.378 e. The van der Waals surface area contributed by atoms with Gasteiger partial charge in [0.1, 0.15) is 13.2 Å². The molecule has 13 heavy (non-hydrogen) atoms. The lowest BCUT2D eigenvalue weighted by Gasteiger charge is -2.26. The van der Waals surface area contributed by atoms with Crippen LogP contribution in [0.1, 0.15) is 0 Å². The summed E-state index contributed by atoms with van der Waals surface area (Å²) in [6, 6.07) is 0. The third-order valence-electron chi connectivity index (χ3n) is 1.77. The van der Waals surface area contributed by atoms with Crippen molar-refractivity contribution in [2.45, 2.75) is 0 Å². The normalized spacial score (nSPS) is 16.7. The molecule has 0 atom stereocenters. The predicted molar refractivity (Wildman–Crippen MR) is 47.1 cm³/mol. The Bertz CT molecular complexity index is 203. The maximum atomic E-state index is 11.3. The minimum atomic E-state index is -0.0152. The molecular formula is C9H13NO3. The van der Waals surface area contributed by atoms with E-state index >= 15 is 0 Å². The minimum absolute atomic E-state index is 0.0152. The second kappa shape index (κ2) is 5.57. The molecule has 0 spiro atoms. The van der Waals surface area contributed by atoms with E-state index in [1.807, 2.05) is 0 Å². The number of hydrogen-bond donors (Lipinski definition) is 0. The molecule has 0 aliphatic carbocycles. The summed E-state index contributed by atoms with van der Waals surface area (Å²) in [6.45, 7) is 2.79. The first-order chi connectivity index (χ1) is 6.34. The molecule has 0 saturated carbocycles. The van der Waals surface area contributed by atoms with Gasteiger partial charge >= 0.3 is 0 Å². The van der Waals surface area contributed by atoms with Crippen LogP contribution in [0.25, 0.3) is 0 Å². The second-order valence-electron chi connectivity index (χ2n) is 2.69. The number of morpholine rings is 1. The molecule has 1 saturated heterocycles. The van der Waals surface area contributed by atoms with E-state index in [1.165, 1.54) is 0 Å². The molecule has 1 aliphatic heterocycles. The summed E-state index contributed by atoms with van der Waals surface area (Å²) in [7, 11) is 0. The van der Waals surface area contributed by atoms with Crippen molar-refractivity contribution >= 4 is 5.91 Å². The smallest absolute Gasteiger partial charge is 0.248 e. The van der Waals surface area contributed by atoms with Crippen LogP contribution in [0.15, 0.2) is 0 Å². The van der Waals surface area contributed by atoms with E-state index in [4.69, 9.17) is 15.9 Å². The first-order valence-corrected chi connectivity index (χ1v) is 4.21. The van der Waals surface area contributed by atoms with Crippen LogP contribution < -0.4 is 0 Å². The zero-order valence-electron chi connectivity index (χ0n) is 7.49. The fourth-order valence-corrected chi connectivity index (χ4v) is 1.10. The van der Waals surface area contributed by atoms with Gasteiger partial charge in [-0.05, 0) is 0 Å². The molecule has 0 N–H and O–H groups in total. The Balaban J connectivity index is 2.18. The van der Waals surface area contributed by atoms with E-state index in [1.54, 1.807) is 4.90 Å².